The van der Waals surface area contributed by atoms with Crippen LogP contribution in [0.15, 0.2) is 18.2 Å². The number of Topliss-reactive ketones (excluding diaryl/α,β-unsaturated/α-hetero) is 1. The van der Waals surface area contributed by atoms with Crippen molar-refractivity contribution in [2.24, 2.45) is 0 Å². The van der Waals surface area contributed by atoms with Crippen LogP contribution in [-0.4, -0.2) is 38.5 Å². The fourth-order valence-electron chi connectivity index (χ4n) is 2.12. The van der Waals surface area contributed by atoms with E-state index in [4.69, 9.17) is 25.8 Å². The van der Waals surface area contributed by atoms with E-state index in [1.165, 1.54) is 0 Å². The van der Waals surface area contributed by atoms with Gasteiger partial charge in [-0.15, -0.1) is 11.6 Å². The van der Waals surface area contributed by atoms with Gasteiger partial charge in [-0.1, -0.05) is 0 Å². The molecule has 0 bridgehead atoms. The molecule has 0 saturated heterocycles. The third-order valence-corrected chi connectivity index (χ3v) is 3.48. The minimum atomic E-state index is -0.350. The number of esters is 1. The molecule has 0 heterocycles. The number of carbonyl (C=O) groups is 2. The molecule has 1 rings (SSSR count). The normalized spacial score (nSPS) is 11.6. The molecule has 0 aliphatic heterocycles. The number of methoxy groups -OCH3 is 2. The van der Waals surface area contributed by atoms with Gasteiger partial charge in [-0.05, 0) is 24.6 Å². The van der Waals surface area contributed by atoms with Crippen molar-refractivity contribution in [3.63, 3.8) is 0 Å². The van der Waals surface area contributed by atoms with E-state index in [2.05, 4.69) is 0 Å². The first-order chi connectivity index (χ1) is 10.5. The largest absolute Gasteiger partial charge is 0.497 e. The molecule has 0 amide bonds. The molecular weight excluding hydrogens is 308 g/mol. The second-order valence-corrected chi connectivity index (χ2v) is 5.00. The van der Waals surface area contributed by atoms with E-state index in [0.717, 1.165) is 5.56 Å². The van der Waals surface area contributed by atoms with Crippen LogP contribution < -0.4 is 9.47 Å². The number of hydrogen-bond acceptors (Lipinski definition) is 5. The monoisotopic (exact) mass is 328 g/mol. The van der Waals surface area contributed by atoms with Crippen LogP contribution in [0.3, 0.4) is 0 Å². The minimum Gasteiger partial charge on any atom is -0.497 e. The highest BCUT2D eigenvalue weighted by Gasteiger charge is 2.21. The van der Waals surface area contributed by atoms with Gasteiger partial charge in [0.15, 0.2) is 0 Å². The molecule has 122 valence electrons. The predicted molar refractivity (Wildman–Crippen MR) is 83.9 cm³/mol. The van der Waals surface area contributed by atoms with Crippen LogP contribution in [0.5, 0.6) is 11.5 Å². The van der Waals surface area contributed by atoms with E-state index in [9.17, 15) is 9.59 Å². The SMILES string of the molecule is CCOC(=O)CC(CC(=O)CCl)c1cc(OC)cc(OC)c1. The van der Waals surface area contributed by atoms with E-state index >= 15 is 0 Å². The van der Waals surface area contributed by atoms with Crippen molar-refractivity contribution in [2.45, 2.75) is 25.7 Å². The topological polar surface area (TPSA) is 61.8 Å². The van der Waals surface area contributed by atoms with Gasteiger partial charge in [-0.3, -0.25) is 9.59 Å². The zero-order chi connectivity index (χ0) is 16.5. The summed E-state index contributed by atoms with van der Waals surface area (Å²) in [6, 6.07) is 5.30. The summed E-state index contributed by atoms with van der Waals surface area (Å²) in [4.78, 5) is 23.5. The summed E-state index contributed by atoms with van der Waals surface area (Å²) in [5, 5.41) is 0. The Morgan fingerprint density at radius 3 is 2.14 bits per heavy atom. The van der Waals surface area contributed by atoms with Gasteiger partial charge in [-0.2, -0.15) is 0 Å². The lowest BCUT2D eigenvalue weighted by Crippen LogP contribution is -2.15. The number of rotatable bonds is 9. The number of benzene rings is 1. The van der Waals surface area contributed by atoms with Crippen molar-refractivity contribution < 1.29 is 23.8 Å². The highest BCUT2D eigenvalue weighted by atomic mass is 35.5. The first-order valence-electron chi connectivity index (χ1n) is 7.00. The van der Waals surface area contributed by atoms with Crippen molar-refractivity contribution in [3.05, 3.63) is 23.8 Å². The third-order valence-electron chi connectivity index (χ3n) is 3.19. The maximum Gasteiger partial charge on any atom is 0.306 e. The first kappa shape index (κ1) is 18.3. The van der Waals surface area contributed by atoms with E-state index in [0.29, 0.717) is 18.1 Å². The molecule has 1 atom stereocenters. The molecule has 0 saturated carbocycles. The highest BCUT2D eigenvalue weighted by molar-refractivity contribution is 6.27. The summed E-state index contributed by atoms with van der Waals surface area (Å²) >= 11 is 5.58. The summed E-state index contributed by atoms with van der Waals surface area (Å²) in [5.74, 6) is 0.312. The molecule has 0 aromatic heterocycles. The van der Waals surface area contributed by atoms with Crippen LogP contribution in [0.1, 0.15) is 31.2 Å². The summed E-state index contributed by atoms with van der Waals surface area (Å²) in [6.45, 7) is 2.04. The molecule has 0 N–H and O–H groups in total. The second kappa shape index (κ2) is 9.30. The van der Waals surface area contributed by atoms with Crippen LogP contribution in [0.2, 0.25) is 0 Å². The Morgan fingerprint density at radius 2 is 1.68 bits per heavy atom. The lowest BCUT2D eigenvalue weighted by atomic mass is 9.90. The van der Waals surface area contributed by atoms with Crippen molar-refractivity contribution in [2.75, 3.05) is 26.7 Å². The van der Waals surface area contributed by atoms with E-state index in [-0.39, 0.29) is 36.4 Å². The Kier molecular flexibility index (Phi) is 7.74. The predicted octanol–water partition coefficient (Wildman–Crippen LogP) is 2.94. The Labute approximate surface area is 135 Å². The van der Waals surface area contributed by atoms with Crippen molar-refractivity contribution in [1.29, 1.82) is 0 Å². The third kappa shape index (κ3) is 5.56. The molecule has 0 aliphatic carbocycles. The quantitative estimate of drug-likeness (QED) is 0.515. The van der Waals surface area contributed by atoms with Gasteiger partial charge in [0.2, 0.25) is 0 Å². The van der Waals surface area contributed by atoms with Crippen molar-refractivity contribution in [3.8, 4) is 11.5 Å². The number of ketones is 1. The summed E-state index contributed by atoms with van der Waals surface area (Å²) in [5.41, 5.74) is 0.780. The standard InChI is InChI=1S/C16H21ClO5/c1-4-22-16(19)8-11(5-13(18)10-17)12-6-14(20-2)9-15(7-12)21-3/h6-7,9,11H,4-5,8,10H2,1-3H3. The van der Waals surface area contributed by atoms with E-state index in [1.807, 2.05) is 0 Å². The van der Waals surface area contributed by atoms with Gasteiger partial charge >= 0.3 is 5.97 Å². The average molecular weight is 329 g/mol. The molecule has 1 unspecified atom stereocenters. The Bertz CT molecular complexity index is 493. The van der Waals surface area contributed by atoms with Crippen LogP contribution in [0.4, 0.5) is 0 Å². The van der Waals surface area contributed by atoms with Gasteiger partial charge < -0.3 is 14.2 Å². The Hall–Kier alpha value is -1.75. The molecule has 0 spiro atoms. The fraction of sp³-hybridized carbons (Fsp3) is 0.500. The second-order valence-electron chi connectivity index (χ2n) is 4.73. The molecular formula is C16H21ClO5. The number of ether oxygens (including phenoxy) is 3. The zero-order valence-corrected chi connectivity index (χ0v) is 13.8. The van der Waals surface area contributed by atoms with Gasteiger partial charge in [0.05, 0.1) is 33.1 Å². The molecule has 5 nitrogen and oxygen atoms in total. The highest BCUT2D eigenvalue weighted by Crippen LogP contribution is 2.31. The summed E-state index contributed by atoms with van der Waals surface area (Å²) in [6.07, 6.45) is 0.269. The van der Waals surface area contributed by atoms with Crippen LogP contribution in [0.25, 0.3) is 0 Å². The number of hydrogen-bond donors (Lipinski definition) is 0. The lowest BCUT2D eigenvalue weighted by Gasteiger charge is -2.17. The van der Waals surface area contributed by atoms with Gasteiger partial charge in [0.25, 0.3) is 0 Å². The zero-order valence-electron chi connectivity index (χ0n) is 13.1. The van der Waals surface area contributed by atoms with Crippen molar-refractivity contribution in [1.82, 2.24) is 0 Å². The number of halogens is 1. The smallest absolute Gasteiger partial charge is 0.306 e. The Morgan fingerprint density at radius 1 is 1.09 bits per heavy atom. The van der Waals surface area contributed by atoms with Crippen LogP contribution in [-0.2, 0) is 14.3 Å². The van der Waals surface area contributed by atoms with Gasteiger partial charge in [0.1, 0.15) is 17.3 Å². The molecule has 22 heavy (non-hydrogen) atoms. The molecule has 0 fully saturated rings. The summed E-state index contributed by atoms with van der Waals surface area (Å²) < 4.78 is 15.4. The van der Waals surface area contributed by atoms with Gasteiger partial charge in [0, 0.05) is 18.4 Å². The summed E-state index contributed by atoms with van der Waals surface area (Å²) in [7, 11) is 3.09. The lowest BCUT2D eigenvalue weighted by molar-refractivity contribution is -0.143. The first-order valence-corrected chi connectivity index (χ1v) is 7.53. The maximum absolute atomic E-state index is 11.8. The average Bonchev–Trinajstić information content (AvgIpc) is 2.53. The van der Waals surface area contributed by atoms with Crippen LogP contribution >= 0.6 is 11.6 Å². The maximum atomic E-state index is 11.8. The number of alkyl halides is 1. The van der Waals surface area contributed by atoms with Crippen LogP contribution in [0, 0.1) is 0 Å². The molecule has 1 aromatic carbocycles. The van der Waals surface area contributed by atoms with E-state index < -0.39 is 0 Å². The molecule has 6 heteroatoms. The molecule has 1 aromatic rings. The fourth-order valence-corrected chi connectivity index (χ4v) is 2.23. The number of carbonyl (C=O) groups excluding carboxylic acids is 2. The van der Waals surface area contributed by atoms with Crippen molar-refractivity contribution >= 4 is 23.4 Å². The van der Waals surface area contributed by atoms with Gasteiger partial charge in [-0.25, -0.2) is 0 Å². The molecule has 0 aliphatic rings. The minimum absolute atomic E-state index is 0.0829. The van der Waals surface area contributed by atoms with E-state index in [1.54, 1.807) is 39.3 Å². The Balaban J connectivity index is 3.07. The molecule has 0 radical (unpaired) electrons.